The normalized spacial score (nSPS) is 12.0. The van der Waals surface area contributed by atoms with Gasteiger partial charge in [0.25, 0.3) is 0 Å². The van der Waals surface area contributed by atoms with Crippen molar-refractivity contribution in [3.8, 4) is 0 Å². The highest BCUT2D eigenvalue weighted by Gasteiger charge is 2.19. The van der Waals surface area contributed by atoms with E-state index in [2.05, 4.69) is 5.32 Å². The van der Waals surface area contributed by atoms with Crippen LogP contribution in [-0.4, -0.2) is 5.91 Å². The van der Waals surface area contributed by atoms with E-state index >= 15 is 0 Å². The Morgan fingerprint density at radius 1 is 1.00 bits per heavy atom. The summed E-state index contributed by atoms with van der Waals surface area (Å²) in [5, 5.41) is 2.13. The van der Waals surface area contributed by atoms with Crippen LogP contribution in [0, 0.1) is 17.5 Å². The summed E-state index contributed by atoms with van der Waals surface area (Å²) in [7, 11) is 0. The standard InChI is InChI=1S/C14H11F3N2O/c15-9-6-7-10(12(17)11(9)16)19-14(20)13(18)8-4-2-1-3-5-8/h1-7,13H,18H2,(H,19,20)/t13-/m1/s1. The number of rotatable bonds is 3. The number of amides is 1. The fourth-order valence-electron chi connectivity index (χ4n) is 1.64. The minimum Gasteiger partial charge on any atom is -0.322 e. The SMILES string of the molecule is N[C@@H](C(=O)Nc1ccc(F)c(F)c1F)c1ccccc1. The fraction of sp³-hybridized carbons (Fsp3) is 0.0714. The highest BCUT2D eigenvalue weighted by Crippen LogP contribution is 2.21. The van der Waals surface area contributed by atoms with Crippen LogP contribution < -0.4 is 11.1 Å². The zero-order valence-electron chi connectivity index (χ0n) is 10.2. The Bertz CT molecular complexity index is 632. The summed E-state index contributed by atoms with van der Waals surface area (Å²) in [6, 6.07) is 9.02. The number of halogens is 3. The van der Waals surface area contributed by atoms with Gasteiger partial charge in [-0.2, -0.15) is 0 Å². The number of nitrogens with two attached hydrogens (primary N) is 1. The lowest BCUT2D eigenvalue weighted by Crippen LogP contribution is -2.28. The predicted octanol–water partition coefficient (Wildman–Crippen LogP) is 2.74. The van der Waals surface area contributed by atoms with Crippen LogP contribution in [0.4, 0.5) is 18.9 Å². The maximum atomic E-state index is 13.4. The molecule has 0 spiro atoms. The van der Waals surface area contributed by atoms with E-state index in [1.165, 1.54) is 0 Å². The molecule has 0 saturated carbocycles. The van der Waals surface area contributed by atoms with Crippen molar-refractivity contribution < 1.29 is 18.0 Å². The van der Waals surface area contributed by atoms with Gasteiger partial charge < -0.3 is 11.1 Å². The molecule has 0 saturated heterocycles. The molecule has 2 rings (SSSR count). The van der Waals surface area contributed by atoms with Gasteiger partial charge >= 0.3 is 0 Å². The fourth-order valence-corrected chi connectivity index (χ4v) is 1.64. The molecule has 0 bridgehead atoms. The maximum Gasteiger partial charge on any atom is 0.245 e. The summed E-state index contributed by atoms with van der Waals surface area (Å²) in [5.74, 6) is -5.15. The number of carbonyl (C=O) groups is 1. The van der Waals surface area contributed by atoms with Gasteiger partial charge in [0.05, 0.1) is 5.69 Å². The first kappa shape index (κ1) is 14.1. The third kappa shape index (κ3) is 2.80. The molecule has 3 nitrogen and oxygen atoms in total. The monoisotopic (exact) mass is 280 g/mol. The van der Waals surface area contributed by atoms with Gasteiger partial charge in [-0.15, -0.1) is 0 Å². The minimum absolute atomic E-state index is 0.458. The van der Waals surface area contributed by atoms with Crippen molar-refractivity contribution >= 4 is 11.6 Å². The third-order valence-electron chi connectivity index (χ3n) is 2.73. The molecule has 0 aliphatic carbocycles. The first-order chi connectivity index (χ1) is 9.50. The van der Waals surface area contributed by atoms with Crippen LogP contribution in [0.1, 0.15) is 11.6 Å². The lowest BCUT2D eigenvalue weighted by atomic mass is 10.1. The number of hydrogen-bond acceptors (Lipinski definition) is 2. The molecule has 0 radical (unpaired) electrons. The molecule has 2 aromatic carbocycles. The molecule has 0 fully saturated rings. The second-order valence-corrected chi connectivity index (χ2v) is 4.10. The molecular formula is C14H11F3N2O. The molecule has 0 aliphatic heterocycles. The molecule has 104 valence electrons. The average molecular weight is 280 g/mol. The number of hydrogen-bond donors (Lipinski definition) is 2. The molecular weight excluding hydrogens is 269 g/mol. The summed E-state index contributed by atoms with van der Waals surface area (Å²) >= 11 is 0. The van der Waals surface area contributed by atoms with E-state index in [0.717, 1.165) is 12.1 Å². The van der Waals surface area contributed by atoms with E-state index in [-0.39, 0.29) is 0 Å². The minimum atomic E-state index is -1.64. The van der Waals surface area contributed by atoms with Crippen molar-refractivity contribution in [1.29, 1.82) is 0 Å². The Kier molecular flexibility index (Phi) is 4.05. The van der Waals surface area contributed by atoms with E-state index in [1.54, 1.807) is 30.3 Å². The second kappa shape index (κ2) is 5.75. The van der Waals surface area contributed by atoms with Gasteiger partial charge in [0, 0.05) is 0 Å². The van der Waals surface area contributed by atoms with Gasteiger partial charge in [-0.1, -0.05) is 30.3 Å². The molecule has 3 N–H and O–H groups in total. The molecule has 0 heterocycles. The van der Waals surface area contributed by atoms with E-state index in [9.17, 15) is 18.0 Å². The van der Waals surface area contributed by atoms with Crippen LogP contribution in [0.3, 0.4) is 0 Å². The Hall–Kier alpha value is -2.34. The Morgan fingerprint density at radius 3 is 2.30 bits per heavy atom. The zero-order chi connectivity index (χ0) is 14.7. The summed E-state index contributed by atoms with van der Waals surface area (Å²) in [6.45, 7) is 0. The van der Waals surface area contributed by atoms with Crippen molar-refractivity contribution in [2.45, 2.75) is 6.04 Å². The Labute approximate surface area is 113 Å². The van der Waals surface area contributed by atoms with Gasteiger partial charge in [-0.3, -0.25) is 4.79 Å². The maximum absolute atomic E-state index is 13.4. The van der Waals surface area contributed by atoms with Crippen LogP contribution in [0.25, 0.3) is 0 Å². The van der Waals surface area contributed by atoms with Gasteiger partial charge in [0.1, 0.15) is 6.04 Å². The second-order valence-electron chi connectivity index (χ2n) is 4.10. The van der Waals surface area contributed by atoms with Crippen molar-refractivity contribution in [2.24, 2.45) is 5.73 Å². The van der Waals surface area contributed by atoms with Crippen molar-refractivity contribution in [3.05, 3.63) is 65.5 Å². The molecule has 20 heavy (non-hydrogen) atoms. The number of nitrogens with one attached hydrogen (secondary N) is 1. The summed E-state index contributed by atoms with van der Waals surface area (Å²) in [4.78, 5) is 11.8. The Morgan fingerprint density at radius 2 is 1.65 bits per heavy atom. The van der Waals surface area contributed by atoms with Crippen LogP contribution in [0.5, 0.6) is 0 Å². The lowest BCUT2D eigenvalue weighted by molar-refractivity contribution is -0.117. The number of benzene rings is 2. The molecule has 1 amide bonds. The van der Waals surface area contributed by atoms with E-state index in [0.29, 0.717) is 5.56 Å². The largest absolute Gasteiger partial charge is 0.322 e. The number of carbonyl (C=O) groups excluding carboxylic acids is 1. The Balaban J connectivity index is 2.18. The summed E-state index contributed by atoms with van der Waals surface area (Å²) < 4.78 is 39.2. The predicted molar refractivity (Wildman–Crippen MR) is 68.3 cm³/mol. The quantitative estimate of drug-likeness (QED) is 0.849. The van der Waals surface area contributed by atoms with Gasteiger partial charge in [-0.25, -0.2) is 13.2 Å². The average Bonchev–Trinajstić information content (AvgIpc) is 2.48. The molecule has 1 atom stereocenters. The first-order valence-corrected chi connectivity index (χ1v) is 5.75. The van der Waals surface area contributed by atoms with Gasteiger partial charge in [-0.05, 0) is 17.7 Å². The van der Waals surface area contributed by atoms with Crippen LogP contribution in [0.15, 0.2) is 42.5 Å². The van der Waals surface area contributed by atoms with Gasteiger partial charge in [0.15, 0.2) is 17.5 Å². The smallest absolute Gasteiger partial charge is 0.245 e. The first-order valence-electron chi connectivity index (χ1n) is 5.75. The van der Waals surface area contributed by atoms with E-state index < -0.39 is 35.1 Å². The highest BCUT2D eigenvalue weighted by molar-refractivity contribution is 5.95. The summed E-state index contributed by atoms with van der Waals surface area (Å²) in [6.07, 6.45) is 0. The summed E-state index contributed by atoms with van der Waals surface area (Å²) in [5.41, 5.74) is 5.77. The van der Waals surface area contributed by atoms with Crippen LogP contribution in [0.2, 0.25) is 0 Å². The third-order valence-corrected chi connectivity index (χ3v) is 2.73. The molecule has 2 aromatic rings. The molecule has 0 unspecified atom stereocenters. The zero-order valence-corrected chi connectivity index (χ0v) is 10.2. The molecule has 0 aliphatic rings. The van der Waals surface area contributed by atoms with Crippen LogP contribution in [-0.2, 0) is 4.79 Å². The van der Waals surface area contributed by atoms with Crippen LogP contribution >= 0.6 is 0 Å². The van der Waals surface area contributed by atoms with Crippen molar-refractivity contribution in [3.63, 3.8) is 0 Å². The topological polar surface area (TPSA) is 55.1 Å². The molecule has 6 heteroatoms. The van der Waals surface area contributed by atoms with Gasteiger partial charge in [0.2, 0.25) is 5.91 Å². The number of anilines is 1. The van der Waals surface area contributed by atoms with Crippen molar-refractivity contribution in [2.75, 3.05) is 5.32 Å². The highest BCUT2D eigenvalue weighted by atomic mass is 19.2. The van der Waals surface area contributed by atoms with E-state index in [1.807, 2.05) is 0 Å². The van der Waals surface area contributed by atoms with E-state index in [4.69, 9.17) is 5.73 Å². The van der Waals surface area contributed by atoms with Crippen molar-refractivity contribution in [1.82, 2.24) is 0 Å². The molecule has 0 aromatic heterocycles. The lowest BCUT2D eigenvalue weighted by Gasteiger charge is -2.13.